The summed E-state index contributed by atoms with van der Waals surface area (Å²) < 4.78 is 0.762. The van der Waals surface area contributed by atoms with Crippen LogP contribution in [-0.4, -0.2) is 36.3 Å². The van der Waals surface area contributed by atoms with Crippen LogP contribution in [0.5, 0.6) is 0 Å². The molecule has 1 saturated heterocycles. The number of hydrogen-bond donors (Lipinski definition) is 1. The van der Waals surface area contributed by atoms with E-state index < -0.39 is 0 Å². The maximum Gasteiger partial charge on any atom is 0.255 e. The van der Waals surface area contributed by atoms with E-state index in [0.29, 0.717) is 12.1 Å². The summed E-state index contributed by atoms with van der Waals surface area (Å²) >= 11 is 3.37. The maximum absolute atomic E-state index is 12.4. The van der Waals surface area contributed by atoms with Crippen LogP contribution in [-0.2, 0) is 4.79 Å². The summed E-state index contributed by atoms with van der Waals surface area (Å²) in [6.45, 7) is 0.637. The van der Waals surface area contributed by atoms with Crippen molar-refractivity contribution in [3.8, 4) is 0 Å². The fourth-order valence-corrected chi connectivity index (χ4v) is 2.69. The molecule has 0 bridgehead atoms. The Balaban J connectivity index is 2.23. The van der Waals surface area contributed by atoms with Gasteiger partial charge in [-0.2, -0.15) is 0 Å². The SMILES string of the molecule is CNC(=O)C1CCCN1C(=O)c1ccccc1Br. The van der Waals surface area contributed by atoms with E-state index in [1.165, 1.54) is 0 Å². The summed E-state index contributed by atoms with van der Waals surface area (Å²) in [6.07, 6.45) is 1.60. The van der Waals surface area contributed by atoms with Crippen LogP contribution < -0.4 is 5.32 Å². The zero-order valence-electron chi connectivity index (χ0n) is 10.1. The van der Waals surface area contributed by atoms with E-state index >= 15 is 0 Å². The molecule has 1 aliphatic rings. The van der Waals surface area contributed by atoms with Crippen molar-refractivity contribution in [3.63, 3.8) is 0 Å². The molecule has 4 nitrogen and oxygen atoms in total. The van der Waals surface area contributed by atoms with E-state index in [4.69, 9.17) is 0 Å². The van der Waals surface area contributed by atoms with E-state index in [0.717, 1.165) is 17.3 Å². The molecule has 1 aromatic rings. The second kappa shape index (κ2) is 5.52. The predicted octanol–water partition coefficient (Wildman–Crippen LogP) is 1.80. The molecule has 1 heterocycles. The van der Waals surface area contributed by atoms with Gasteiger partial charge >= 0.3 is 0 Å². The van der Waals surface area contributed by atoms with Gasteiger partial charge in [-0.3, -0.25) is 9.59 Å². The normalized spacial score (nSPS) is 18.8. The van der Waals surface area contributed by atoms with Crippen molar-refractivity contribution in [3.05, 3.63) is 34.3 Å². The molecule has 0 aromatic heterocycles. The van der Waals surface area contributed by atoms with Gasteiger partial charge in [0.15, 0.2) is 0 Å². The van der Waals surface area contributed by atoms with E-state index in [2.05, 4.69) is 21.2 Å². The van der Waals surface area contributed by atoms with Gasteiger partial charge < -0.3 is 10.2 Å². The summed E-state index contributed by atoms with van der Waals surface area (Å²) in [5.74, 6) is -0.179. The second-order valence-corrected chi connectivity index (χ2v) is 5.11. The lowest BCUT2D eigenvalue weighted by Crippen LogP contribution is -2.45. The summed E-state index contributed by atoms with van der Waals surface area (Å²) in [6, 6.07) is 6.95. The molecule has 0 aliphatic carbocycles. The quantitative estimate of drug-likeness (QED) is 0.905. The molecule has 2 rings (SSSR count). The average Bonchev–Trinajstić information content (AvgIpc) is 2.86. The molecule has 96 valence electrons. The minimum atomic E-state index is -0.338. The summed E-state index contributed by atoms with van der Waals surface area (Å²) in [4.78, 5) is 25.8. The first kappa shape index (κ1) is 13.1. The number of benzene rings is 1. The molecule has 1 N–H and O–H groups in total. The highest BCUT2D eigenvalue weighted by Crippen LogP contribution is 2.24. The number of rotatable bonds is 2. The lowest BCUT2D eigenvalue weighted by molar-refractivity contribution is -0.124. The zero-order valence-corrected chi connectivity index (χ0v) is 11.7. The molecular formula is C13H15BrN2O2. The topological polar surface area (TPSA) is 49.4 Å². The molecule has 1 fully saturated rings. The second-order valence-electron chi connectivity index (χ2n) is 4.25. The van der Waals surface area contributed by atoms with Crippen molar-refractivity contribution in [1.82, 2.24) is 10.2 Å². The molecule has 5 heteroatoms. The van der Waals surface area contributed by atoms with Gasteiger partial charge in [0, 0.05) is 18.1 Å². The average molecular weight is 311 g/mol. The highest BCUT2D eigenvalue weighted by molar-refractivity contribution is 9.10. The van der Waals surface area contributed by atoms with Crippen LogP contribution in [0.1, 0.15) is 23.2 Å². The Morgan fingerprint density at radius 2 is 2.11 bits per heavy atom. The van der Waals surface area contributed by atoms with Crippen molar-refractivity contribution in [2.45, 2.75) is 18.9 Å². The van der Waals surface area contributed by atoms with Crippen molar-refractivity contribution in [2.75, 3.05) is 13.6 Å². The van der Waals surface area contributed by atoms with Gasteiger partial charge in [0.05, 0.1) is 5.56 Å². The van der Waals surface area contributed by atoms with Gasteiger partial charge in [0.2, 0.25) is 5.91 Å². The molecule has 18 heavy (non-hydrogen) atoms. The molecule has 2 amide bonds. The number of carbonyl (C=O) groups excluding carboxylic acids is 2. The van der Waals surface area contributed by atoms with Crippen LogP contribution in [0.25, 0.3) is 0 Å². The Morgan fingerprint density at radius 3 is 2.78 bits per heavy atom. The molecule has 1 aliphatic heterocycles. The van der Waals surface area contributed by atoms with Gasteiger partial charge in [-0.05, 0) is 40.9 Å². The van der Waals surface area contributed by atoms with Gasteiger partial charge in [-0.15, -0.1) is 0 Å². The highest BCUT2D eigenvalue weighted by Gasteiger charge is 2.34. The Morgan fingerprint density at radius 1 is 1.39 bits per heavy atom. The third-order valence-electron chi connectivity index (χ3n) is 3.17. The Kier molecular flexibility index (Phi) is 4.01. The maximum atomic E-state index is 12.4. The molecule has 0 saturated carbocycles. The van der Waals surface area contributed by atoms with Crippen LogP contribution in [0.3, 0.4) is 0 Å². The lowest BCUT2D eigenvalue weighted by atomic mass is 10.1. The zero-order chi connectivity index (χ0) is 13.1. The molecule has 0 radical (unpaired) electrons. The van der Waals surface area contributed by atoms with Gasteiger partial charge in [-0.25, -0.2) is 0 Å². The smallest absolute Gasteiger partial charge is 0.255 e. The van der Waals surface area contributed by atoms with E-state index in [1.807, 2.05) is 18.2 Å². The van der Waals surface area contributed by atoms with Crippen LogP contribution in [0.4, 0.5) is 0 Å². The van der Waals surface area contributed by atoms with E-state index in [9.17, 15) is 9.59 Å². The van der Waals surface area contributed by atoms with Crippen LogP contribution in [0, 0.1) is 0 Å². The minimum absolute atomic E-state index is 0.0893. The molecule has 1 atom stereocenters. The van der Waals surface area contributed by atoms with Gasteiger partial charge in [-0.1, -0.05) is 12.1 Å². The van der Waals surface area contributed by atoms with Crippen LogP contribution >= 0.6 is 15.9 Å². The fraction of sp³-hybridized carbons (Fsp3) is 0.385. The van der Waals surface area contributed by atoms with Gasteiger partial charge in [0.1, 0.15) is 6.04 Å². The molecule has 1 aromatic carbocycles. The van der Waals surface area contributed by atoms with E-state index in [-0.39, 0.29) is 17.9 Å². The number of hydrogen-bond acceptors (Lipinski definition) is 2. The standard InChI is InChI=1S/C13H15BrN2O2/c1-15-12(17)11-7-4-8-16(11)13(18)9-5-2-3-6-10(9)14/h2-3,5-6,11H,4,7-8H2,1H3,(H,15,17). The highest BCUT2D eigenvalue weighted by atomic mass is 79.9. The summed E-state index contributed by atoms with van der Waals surface area (Å²) in [7, 11) is 1.60. The van der Waals surface area contributed by atoms with E-state index in [1.54, 1.807) is 18.0 Å². The molecular weight excluding hydrogens is 296 g/mol. The summed E-state index contributed by atoms with van der Waals surface area (Å²) in [5.41, 5.74) is 0.605. The van der Waals surface area contributed by atoms with Crippen molar-refractivity contribution in [1.29, 1.82) is 0 Å². The molecule has 0 spiro atoms. The Labute approximate surface area is 114 Å². The van der Waals surface area contributed by atoms with Crippen LogP contribution in [0.2, 0.25) is 0 Å². The number of likely N-dealkylation sites (tertiary alicyclic amines) is 1. The summed E-state index contributed by atoms with van der Waals surface area (Å²) in [5, 5.41) is 2.61. The third kappa shape index (κ3) is 2.41. The first-order valence-electron chi connectivity index (χ1n) is 5.92. The Hall–Kier alpha value is -1.36. The number of nitrogens with one attached hydrogen (secondary N) is 1. The first-order valence-corrected chi connectivity index (χ1v) is 6.71. The largest absolute Gasteiger partial charge is 0.357 e. The fourth-order valence-electron chi connectivity index (χ4n) is 2.24. The van der Waals surface area contributed by atoms with Crippen molar-refractivity contribution >= 4 is 27.7 Å². The third-order valence-corrected chi connectivity index (χ3v) is 3.86. The first-order chi connectivity index (χ1) is 8.65. The lowest BCUT2D eigenvalue weighted by Gasteiger charge is -2.23. The number of likely N-dealkylation sites (N-methyl/N-ethyl adjacent to an activating group) is 1. The number of nitrogens with zero attached hydrogens (tertiary/aromatic N) is 1. The van der Waals surface area contributed by atoms with Crippen molar-refractivity contribution < 1.29 is 9.59 Å². The number of halogens is 1. The number of amides is 2. The predicted molar refractivity (Wildman–Crippen MR) is 72.3 cm³/mol. The van der Waals surface area contributed by atoms with Gasteiger partial charge in [0.25, 0.3) is 5.91 Å². The monoisotopic (exact) mass is 310 g/mol. The number of carbonyl (C=O) groups is 2. The minimum Gasteiger partial charge on any atom is -0.357 e. The van der Waals surface area contributed by atoms with Crippen LogP contribution in [0.15, 0.2) is 28.7 Å². The molecule has 1 unspecified atom stereocenters. The Bertz CT molecular complexity index is 476. The van der Waals surface area contributed by atoms with Crippen molar-refractivity contribution in [2.24, 2.45) is 0 Å².